The molecule has 1 heterocycles. The zero-order valence-electron chi connectivity index (χ0n) is 10.4. The molecule has 0 saturated heterocycles. The summed E-state index contributed by atoms with van der Waals surface area (Å²) in [4.78, 5) is 13.0. The van der Waals surface area contributed by atoms with Gasteiger partial charge in [0.15, 0.2) is 0 Å². The standard InChI is InChI=1S/C13H19NO2S/c1-3-16-13(15)11(14-8-10-4-5-10)12-9(2)6-7-17-12/h6-7,10-11,14H,3-5,8H2,1-2H3. The zero-order chi connectivity index (χ0) is 12.3. The van der Waals surface area contributed by atoms with E-state index in [-0.39, 0.29) is 12.0 Å². The fourth-order valence-electron chi connectivity index (χ4n) is 1.80. The molecule has 3 nitrogen and oxygen atoms in total. The van der Waals surface area contributed by atoms with Gasteiger partial charge in [-0.25, -0.2) is 4.79 Å². The highest BCUT2D eigenvalue weighted by Gasteiger charge is 2.28. The summed E-state index contributed by atoms with van der Waals surface area (Å²) in [7, 11) is 0. The highest BCUT2D eigenvalue weighted by Crippen LogP contribution is 2.30. The van der Waals surface area contributed by atoms with Crippen molar-refractivity contribution in [2.75, 3.05) is 13.2 Å². The summed E-state index contributed by atoms with van der Waals surface area (Å²) in [6, 6.07) is 1.76. The molecule has 17 heavy (non-hydrogen) atoms. The first-order valence-corrected chi connectivity index (χ1v) is 7.04. The first-order chi connectivity index (χ1) is 8.22. The van der Waals surface area contributed by atoms with Gasteiger partial charge in [-0.05, 0) is 56.2 Å². The molecule has 1 aliphatic carbocycles. The van der Waals surface area contributed by atoms with E-state index in [4.69, 9.17) is 4.74 Å². The molecule has 94 valence electrons. The van der Waals surface area contributed by atoms with E-state index in [0.717, 1.165) is 22.9 Å². The molecule has 2 rings (SSSR count). The molecule has 0 spiro atoms. The summed E-state index contributed by atoms with van der Waals surface area (Å²) in [5, 5.41) is 5.37. The molecule has 1 aromatic heterocycles. The van der Waals surface area contributed by atoms with Crippen molar-refractivity contribution < 1.29 is 9.53 Å². The Balaban J connectivity index is 2.05. The lowest BCUT2D eigenvalue weighted by atomic mass is 10.1. The molecule has 0 aliphatic heterocycles. The lowest BCUT2D eigenvalue weighted by molar-refractivity contribution is -0.145. The second kappa shape index (κ2) is 5.65. The third-order valence-corrected chi connectivity index (χ3v) is 4.08. The van der Waals surface area contributed by atoms with Gasteiger partial charge in [-0.3, -0.25) is 5.32 Å². The summed E-state index contributed by atoms with van der Waals surface area (Å²) < 4.78 is 5.14. The van der Waals surface area contributed by atoms with Gasteiger partial charge in [0, 0.05) is 4.88 Å². The van der Waals surface area contributed by atoms with Crippen LogP contribution in [-0.2, 0) is 9.53 Å². The van der Waals surface area contributed by atoms with Crippen LogP contribution >= 0.6 is 11.3 Å². The summed E-state index contributed by atoms with van der Waals surface area (Å²) in [5.41, 5.74) is 1.16. The van der Waals surface area contributed by atoms with E-state index in [2.05, 4.69) is 5.32 Å². The largest absolute Gasteiger partial charge is 0.465 e. The number of nitrogens with one attached hydrogen (secondary N) is 1. The Bertz CT molecular complexity index is 385. The number of thiophene rings is 1. The molecule has 1 aromatic rings. The van der Waals surface area contributed by atoms with Gasteiger partial charge in [0.05, 0.1) is 6.61 Å². The molecule has 0 aromatic carbocycles. The number of ether oxygens (including phenoxy) is 1. The Hall–Kier alpha value is -0.870. The van der Waals surface area contributed by atoms with Gasteiger partial charge in [0.1, 0.15) is 6.04 Å². The van der Waals surface area contributed by atoms with Crippen LogP contribution in [0.3, 0.4) is 0 Å². The Morgan fingerprint density at radius 1 is 1.65 bits per heavy atom. The van der Waals surface area contributed by atoms with Crippen LogP contribution in [0.4, 0.5) is 0 Å². The topological polar surface area (TPSA) is 38.3 Å². The van der Waals surface area contributed by atoms with Gasteiger partial charge < -0.3 is 4.74 Å². The van der Waals surface area contributed by atoms with E-state index in [0.29, 0.717) is 6.61 Å². The van der Waals surface area contributed by atoms with Crippen LogP contribution in [0.25, 0.3) is 0 Å². The van der Waals surface area contributed by atoms with Crippen LogP contribution < -0.4 is 5.32 Å². The van der Waals surface area contributed by atoms with Gasteiger partial charge >= 0.3 is 5.97 Å². The SMILES string of the molecule is CCOC(=O)C(NCC1CC1)c1sccc1C. The van der Waals surface area contributed by atoms with E-state index in [1.165, 1.54) is 12.8 Å². The number of carbonyl (C=O) groups is 1. The van der Waals surface area contributed by atoms with E-state index < -0.39 is 0 Å². The molecule has 1 saturated carbocycles. The van der Waals surface area contributed by atoms with E-state index in [1.54, 1.807) is 11.3 Å². The van der Waals surface area contributed by atoms with E-state index in [9.17, 15) is 4.79 Å². The zero-order valence-corrected chi connectivity index (χ0v) is 11.2. The first kappa shape index (κ1) is 12.6. The first-order valence-electron chi connectivity index (χ1n) is 6.16. The lowest BCUT2D eigenvalue weighted by Gasteiger charge is -2.16. The Kier molecular flexibility index (Phi) is 4.18. The Morgan fingerprint density at radius 2 is 2.41 bits per heavy atom. The average Bonchev–Trinajstić information content (AvgIpc) is 3.03. The lowest BCUT2D eigenvalue weighted by Crippen LogP contribution is -2.31. The third-order valence-electron chi connectivity index (χ3n) is 2.99. The molecule has 0 amide bonds. The van der Waals surface area contributed by atoms with Crippen molar-refractivity contribution in [3.8, 4) is 0 Å². The molecule has 0 bridgehead atoms. The number of rotatable bonds is 6. The minimum atomic E-state index is -0.282. The number of esters is 1. The van der Waals surface area contributed by atoms with Gasteiger partial charge in [0.2, 0.25) is 0 Å². The monoisotopic (exact) mass is 253 g/mol. The number of carbonyl (C=O) groups excluding carboxylic acids is 1. The van der Waals surface area contributed by atoms with Crippen LogP contribution in [0.1, 0.15) is 36.2 Å². The number of hydrogen-bond acceptors (Lipinski definition) is 4. The van der Waals surface area contributed by atoms with Crippen molar-refractivity contribution >= 4 is 17.3 Å². The van der Waals surface area contributed by atoms with E-state index >= 15 is 0 Å². The van der Waals surface area contributed by atoms with Crippen LogP contribution in [-0.4, -0.2) is 19.1 Å². The van der Waals surface area contributed by atoms with Crippen molar-refractivity contribution in [3.63, 3.8) is 0 Å². The maximum atomic E-state index is 11.9. The molecular weight excluding hydrogens is 234 g/mol. The van der Waals surface area contributed by atoms with Crippen LogP contribution in [0.2, 0.25) is 0 Å². The van der Waals surface area contributed by atoms with E-state index in [1.807, 2.05) is 25.3 Å². The smallest absolute Gasteiger partial charge is 0.328 e. The molecule has 4 heteroatoms. The molecule has 1 unspecified atom stereocenters. The average molecular weight is 253 g/mol. The summed E-state index contributed by atoms with van der Waals surface area (Å²) in [6.07, 6.45) is 2.57. The summed E-state index contributed by atoms with van der Waals surface area (Å²) in [6.45, 7) is 5.24. The fourth-order valence-corrected chi connectivity index (χ4v) is 2.78. The number of aryl methyl sites for hydroxylation is 1. The Morgan fingerprint density at radius 3 is 2.94 bits per heavy atom. The van der Waals surface area contributed by atoms with Crippen molar-refractivity contribution in [2.45, 2.75) is 32.7 Å². The highest BCUT2D eigenvalue weighted by molar-refractivity contribution is 7.10. The minimum Gasteiger partial charge on any atom is -0.465 e. The maximum absolute atomic E-state index is 11.9. The predicted molar refractivity (Wildman–Crippen MR) is 69.2 cm³/mol. The third kappa shape index (κ3) is 3.30. The van der Waals surface area contributed by atoms with Crippen molar-refractivity contribution in [3.05, 3.63) is 21.9 Å². The quantitative estimate of drug-likeness (QED) is 0.792. The Labute approximate surface area is 106 Å². The predicted octanol–water partition coefficient (Wildman–Crippen LogP) is 2.66. The van der Waals surface area contributed by atoms with Crippen molar-refractivity contribution in [1.29, 1.82) is 0 Å². The van der Waals surface area contributed by atoms with Crippen molar-refractivity contribution in [1.82, 2.24) is 5.32 Å². The number of hydrogen-bond donors (Lipinski definition) is 1. The van der Waals surface area contributed by atoms with Gasteiger partial charge in [-0.1, -0.05) is 0 Å². The molecule has 1 N–H and O–H groups in total. The second-order valence-corrected chi connectivity index (χ2v) is 5.45. The second-order valence-electron chi connectivity index (χ2n) is 4.50. The fraction of sp³-hybridized carbons (Fsp3) is 0.615. The van der Waals surface area contributed by atoms with Crippen LogP contribution in [0.15, 0.2) is 11.4 Å². The van der Waals surface area contributed by atoms with Gasteiger partial charge in [-0.2, -0.15) is 0 Å². The van der Waals surface area contributed by atoms with Crippen LogP contribution in [0.5, 0.6) is 0 Å². The normalized spacial score (nSPS) is 16.8. The van der Waals surface area contributed by atoms with Gasteiger partial charge in [0.25, 0.3) is 0 Å². The molecule has 1 aliphatic rings. The summed E-state index contributed by atoms with van der Waals surface area (Å²) in [5.74, 6) is 0.603. The maximum Gasteiger partial charge on any atom is 0.328 e. The molecule has 1 fully saturated rings. The minimum absolute atomic E-state index is 0.154. The molecule has 0 radical (unpaired) electrons. The highest BCUT2D eigenvalue weighted by atomic mass is 32.1. The summed E-state index contributed by atoms with van der Waals surface area (Å²) >= 11 is 1.62. The van der Waals surface area contributed by atoms with Gasteiger partial charge in [-0.15, -0.1) is 11.3 Å². The van der Waals surface area contributed by atoms with Crippen molar-refractivity contribution in [2.24, 2.45) is 5.92 Å². The molecule has 1 atom stereocenters. The molecular formula is C13H19NO2S. The van der Waals surface area contributed by atoms with Crippen LogP contribution in [0, 0.1) is 12.8 Å².